The van der Waals surface area contributed by atoms with Crippen molar-refractivity contribution in [1.29, 1.82) is 0 Å². The molecule has 0 saturated carbocycles. The summed E-state index contributed by atoms with van der Waals surface area (Å²) in [5.41, 5.74) is 6.97. The molecule has 0 saturated heterocycles. The Morgan fingerprint density at radius 3 is 2.19 bits per heavy atom. The summed E-state index contributed by atoms with van der Waals surface area (Å²) in [6.45, 7) is 0. The number of hydrogen-bond donors (Lipinski definition) is 0. The van der Waals surface area contributed by atoms with Crippen LogP contribution >= 0.6 is 11.3 Å². The van der Waals surface area contributed by atoms with E-state index < -0.39 is 0 Å². The van der Waals surface area contributed by atoms with Gasteiger partial charge < -0.3 is 0 Å². The van der Waals surface area contributed by atoms with Crippen LogP contribution < -0.4 is 0 Å². The van der Waals surface area contributed by atoms with E-state index in [9.17, 15) is 0 Å². The molecule has 3 heterocycles. The molecule has 0 amide bonds. The Labute approximate surface area is 210 Å². The van der Waals surface area contributed by atoms with Crippen LogP contribution in [0.2, 0.25) is 0 Å². The second-order valence-electron chi connectivity index (χ2n) is 9.13. The van der Waals surface area contributed by atoms with Crippen LogP contribution in [0.15, 0.2) is 116 Å². The van der Waals surface area contributed by atoms with Gasteiger partial charge in [0.15, 0.2) is 5.65 Å². The quantitative estimate of drug-likeness (QED) is 0.233. The van der Waals surface area contributed by atoms with Gasteiger partial charge in [-0.25, -0.2) is 0 Å². The first-order valence-corrected chi connectivity index (χ1v) is 12.8. The molecule has 0 atom stereocenters. The van der Waals surface area contributed by atoms with Crippen LogP contribution in [0.4, 0.5) is 0 Å². The molecule has 36 heavy (non-hydrogen) atoms. The second-order valence-corrected chi connectivity index (χ2v) is 10.2. The molecular weight excluding hydrogens is 458 g/mol. The molecule has 0 aliphatic rings. The van der Waals surface area contributed by atoms with Crippen molar-refractivity contribution >= 4 is 58.8 Å². The fourth-order valence-corrected chi connectivity index (χ4v) is 6.80. The number of hydrogen-bond acceptors (Lipinski definition) is 3. The van der Waals surface area contributed by atoms with Crippen LogP contribution in [0.3, 0.4) is 0 Å². The van der Waals surface area contributed by atoms with E-state index in [-0.39, 0.29) is 0 Å². The van der Waals surface area contributed by atoms with Crippen molar-refractivity contribution < 1.29 is 0 Å². The molecule has 0 aliphatic heterocycles. The summed E-state index contributed by atoms with van der Waals surface area (Å²) >= 11 is 1.88. The molecule has 8 aromatic rings. The zero-order valence-corrected chi connectivity index (χ0v) is 20.0. The highest BCUT2D eigenvalue weighted by atomic mass is 32.1. The third-order valence-corrected chi connectivity index (χ3v) is 8.41. The number of nitrogens with zero attached hydrogens (tertiary/aromatic N) is 3. The highest BCUT2D eigenvalue weighted by Gasteiger charge is 2.15. The number of pyridine rings is 1. The average Bonchev–Trinajstić information content (AvgIpc) is 3.58. The van der Waals surface area contributed by atoms with E-state index in [1.54, 1.807) is 6.33 Å². The van der Waals surface area contributed by atoms with E-state index in [0.29, 0.717) is 0 Å². The number of thiophene rings is 1. The van der Waals surface area contributed by atoms with Crippen molar-refractivity contribution in [3.8, 4) is 22.3 Å². The number of benzene rings is 5. The molecule has 0 spiro atoms. The maximum absolute atomic E-state index is 4.39. The summed E-state index contributed by atoms with van der Waals surface area (Å²) in [4.78, 5) is 0. The highest BCUT2D eigenvalue weighted by Crippen LogP contribution is 2.43. The third-order valence-electron chi connectivity index (χ3n) is 7.19. The van der Waals surface area contributed by atoms with Crippen LogP contribution in [-0.4, -0.2) is 14.6 Å². The van der Waals surface area contributed by atoms with Gasteiger partial charge in [-0.05, 0) is 40.3 Å². The molecule has 8 rings (SSSR count). The molecule has 5 aromatic carbocycles. The van der Waals surface area contributed by atoms with E-state index in [4.69, 9.17) is 0 Å². The minimum Gasteiger partial charge on any atom is -0.281 e. The Kier molecular flexibility index (Phi) is 4.10. The monoisotopic (exact) mass is 477 g/mol. The molecule has 0 unspecified atom stereocenters. The smallest absolute Gasteiger partial charge is 0.168 e. The predicted octanol–water partition coefficient (Wildman–Crippen LogP) is 8.74. The lowest BCUT2D eigenvalue weighted by Crippen LogP contribution is -1.92. The molecule has 0 N–H and O–H groups in total. The fourth-order valence-electron chi connectivity index (χ4n) is 5.57. The standard InChI is InChI=1S/C32H19N3S/c1-2-9-22(25-13-7-14-26-24-11-5-6-15-30(24)36-31(25)26)21(8-1)20-16-17-29-28(18-20)23-10-3-4-12-27(23)32-34-33-19-35(29)32/h1-19H. The molecule has 0 aliphatic carbocycles. The number of fused-ring (bicyclic) bond motifs is 9. The second kappa shape index (κ2) is 7.48. The summed E-state index contributed by atoms with van der Waals surface area (Å²) in [5, 5.41) is 14.7. The van der Waals surface area contributed by atoms with Gasteiger partial charge in [-0.3, -0.25) is 4.40 Å². The maximum atomic E-state index is 4.39. The highest BCUT2D eigenvalue weighted by molar-refractivity contribution is 7.26. The van der Waals surface area contributed by atoms with E-state index in [1.807, 2.05) is 11.3 Å². The summed E-state index contributed by atoms with van der Waals surface area (Å²) in [6, 6.07) is 39.3. The topological polar surface area (TPSA) is 30.2 Å². The normalized spacial score (nSPS) is 11.9. The lowest BCUT2D eigenvalue weighted by molar-refractivity contribution is 1.11. The van der Waals surface area contributed by atoms with Gasteiger partial charge in [0.05, 0.1) is 5.52 Å². The molecule has 168 valence electrons. The fraction of sp³-hybridized carbons (Fsp3) is 0. The Morgan fingerprint density at radius 2 is 1.28 bits per heavy atom. The van der Waals surface area contributed by atoms with Gasteiger partial charge in [0.2, 0.25) is 0 Å². The van der Waals surface area contributed by atoms with Gasteiger partial charge >= 0.3 is 0 Å². The van der Waals surface area contributed by atoms with Crippen LogP contribution in [0, 0.1) is 0 Å². The van der Waals surface area contributed by atoms with Gasteiger partial charge in [-0.15, -0.1) is 21.5 Å². The average molecular weight is 478 g/mol. The predicted molar refractivity (Wildman–Crippen MR) is 152 cm³/mol. The minimum atomic E-state index is 0.891. The SMILES string of the molecule is c1ccc(-c2cccc3c2sc2ccccc23)c(-c2ccc3c(c2)c2ccccc2c2nncn32)c1. The zero-order chi connectivity index (χ0) is 23.6. The minimum absolute atomic E-state index is 0.891. The lowest BCUT2D eigenvalue weighted by Gasteiger charge is -2.13. The van der Waals surface area contributed by atoms with E-state index in [1.165, 1.54) is 53.2 Å². The first kappa shape index (κ1) is 19.7. The molecule has 4 heteroatoms. The summed E-state index contributed by atoms with van der Waals surface area (Å²) in [5.74, 6) is 0. The van der Waals surface area contributed by atoms with Crippen LogP contribution in [0.25, 0.3) is 69.7 Å². The van der Waals surface area contributed by atoms with E-state index >= 15 is 0 Å². The van der Waals surface area contributed by atoms with Gasteiger partial charge in [-0.1, -0.05) is 91.0 Å². The molecule has 3 nitrogen and oxygen atoms in total. The van der Waals surface area contributed by atoms with Gasteiger partial charge in [0.1, 0.15) is 6.33 Å². The van der Waals surface area contributed by atoms with Crippen molar-refractivity contribution in [2.75, 3.05) is 0 Å². The van der Waals surface area contributed by atoms with Crippen molar-refractivity contribution in [3.05, 3.63) is 116 Å². The zero-order valence-electron chi connectivity index (χ0n) is 19.2. The first-order chi connectivity index (χ1) is 17.9. The summed E-state index contributed by atoms with van der Waals surface area (Å²) in [6.07, 6.45) is 1.81. The van der Waals surface area contributed by atoms with Gasteiger partial charge in [0.25, 0.3) is 0 Å². The van der Waals surface area contributed by atoms with Crippen molar-refractivity contribution in [3.63, 3.8) is 0 Å². The Morgan fingerprint density at radius 1 is 0.556 bits per heavy atom. The Bertz CT molecular complexity index is 2120. The maximum Gasteiger partial charge on any atom is 0.168 e. The molecule has 0 fully saturated rings. The summed E-state index contributed by atoms with van der Waals surface area (Å²) in [7, 11) is 0. The molecule has 0 bridgehead atoms. The summed E-state index contributed by atoms with van der Waals surface area (Å²) < 4.78 is 4.75. The molecule has 3 aromatic heterocycles. The number of rotatable bonds is 2. The Hall–Kier alpha value is -4.54. The Balaban J connectivity index is 1.42. The third kappa shape index (κ3) is 2.73. The first-order valence-electron chi connectivity index (χ1n) is 12.0. The largest absolute Gasteiger partial charge is 0.281 e. The van der Waals surface area contributed by atoms with Gasteiger partial charge in [-0.2, -0.15) is 0 Å². The van der Waals surface area contributed by atoms with Crippen molar-refractivity contribution in [2.24, 2.45) is 0 Å². The molecular formula is C32H19N3S. The van der Waals surface area contributed by atoms with Crippen LogP contribution in [0.5, 0.6) is 0 Å². The van der Waals surface area contributed by atoms with E-state index in [0.717, 1.165) is 16.6 Å². The van der Waals surface area contributed by atoms with Crippen molar-refractivity contribution in [1.82, 2.24) is 14.6 Å². The van der Waals surface area contributed by atoms with Crippen molar-refractivity contribution in [2.45, 2.75) is 0 Å². The van der Waals surface area contributed by atoms with Gasteiger partial charge in [0, 0.05) is 36.5 Å². The van der Waals surface area contributed by atoms with Crippen LogP contribution in [-0.2, 0) is 0 Å². The molecule has 0 radical (unpaired) electrons. The van der Waals surface area contributed by atoms with E-state index in [2.05, 4.69) is 124 Å². The van der Waals surface area contributed by atoms with Crippen LogP contribution in [0.1, 0.15) is 0 Å². The lowest BCUT2D eigenvalue weighted by atomic mass is 9.92. The number of aromatic nitrogens is 3.